The molecule has 0 saturated carbocycles. The van der Waals surface area contributed by atoms with Crippen LogP contribution in [0.3, 0.4) is 0 Å². The summed E-state index contributed by atoms with van der Waals surface area (Å²) in [4.78, 5) is 17.0. The van der Waals surface area contributed by atoms with Crippen LogP contribution < -0.4 is 5.32 Å². The molecule has 4 aromatic rings. The largest absolute Gasteiger partial charge is 0.348 e. The zero-order valence-electron chi connectivity index (χ0n) is 16.4. The molecule has 1 atom stereocenters. The second kappa shape index (κ2) is 8.14. The molecule has 0 aliphatic heterocycles. The molecule has 0 aliphatic rings. The van der Waals surface area contributed by atoms with Crippen LogP contribution in [0, 0.1) is 6.92 Å². The Labute approximate surface area is 169 Å². The molecule has 1 amide bonds. The maximum atomic E-state index is 12.5. The zero-order chi connectivity index (χ0) is 20.2. The van der Waals surface area contributed by atoms with Crippen molar-refractivity contribution in [3.8, 4) is 23.0 Å². The van der Waals surface area contributed by atoms with Crippen LogP contribution >= 0.6 is 0 Å². The molecule has 6 heteroatoms. The Kier molecular flexibility index (Phi) is 5.24. The summed E-state index contributed by atoms with van der Waals surface area (Å²) >= 11 is 0. The first-order valence-electron chi connectivity index (χ1n) is 9.51. The third kappa shape index (κ3) is 4.27. The van der Waals surface area contributed by atoms with Crippen molar-refractivity contribution in [3.63, 3.8) is 0 Å². The summed E-state index contributed by atoms with van der Waals surface area (Å²) < 4.78 is 7.26. The number of aryl methyl sites for hydroxylation is 1. The SMILES string of the molecule is Cc1ccc(-c2noc(-c3cccn3CC(=O)N[C@@H](C)c3ccccc3)n2)cc1. The van der Waals surface area contributed by atoms with Gasteiger partial charge >= 0.3 is 0 Å². The molecule has 0 fully saturated rings. The van der Waals surface area contributed by atoms with Gasteiger partial charge in [-0.1, -0.05) is 65.3 Å². The molecule has 4 rings (SSSR count). The minimum absolute atomic E-state index is 0.0701. The Bertz CT molecular complexity index is 1100. The van der Waals surface area contributed by atoms with E-state index in [1.165, 1.54) is 5.56 Å². The van der Waals surface area contributed by atoms with Crippen molar-refractivity contribution in [3.05, 3.63) is 84.1 Å². The van der Waals surface area contributed by atoms with E-state index in [0.29, 0.717) is 17.4 Å². The van der Waals surface area contributed by atoms with E-state index in [2.05, 4.69) is 15.5 Å². The van der Waals surface area contributed by atoms with Crippen molar-refractivity contribution < 1.29 is 9.32 Å². The van der Waals surface area contributed by atoms with Gasteiger partial charge in [0, 0.05) is 11.8 Å². The molecule has 2 aromatic heterocycles. The lowest BCUT2D eigenvalue weighted by Gasteiger charge is -2.15. The van der Waals surface area contributed by atoms with Crippen LogP contribution in [0.4, 0.5) is 0 Å². The monoisotopic (exact) mass is 386 g/mol. The maximum Gasteiger partial charge on any atom is 0.274 e. The standard InChI is InChI=1S/C23H22N4O2/c1-16-10-12-19(13-11-16)22-25-23(29-26-22)20-9-6-14-27(20)15-21(28)24-17(2)18-7-4-3-5-8-18/h3-14,17H,15H2,1-2H3,(H,24,28)/t17-/m0/s1. The van der Waals surface area contributed by atoms with Gasteiger partial charge in [-0.2, -0.15) is 4.98 Å². The van der Waals surface area contributed by atoms with Crippen molar-refractivity contribution in [2.75, 3.05) is 0 Å². The molecular weight excluding hydrogens is 364 g/mol. The Morgan fingerprint density at radius 2 is 1.83 bits per heavy atom. The van der Waals surface area contributed by atoms with E-state index in [0.717, 1.165) is 11.1 Å². The Morgan fingerprint density at radius 1 is 1.07 bits per heavy atom. The van der Waals surface area contributed by atoms with E-state index in [-0.39, 0.29) is 18.5 Å². The van der Waals surface area contributed by atoms with E-state index in [1.54, 1.807) is 4.57 Å². The summed E-state index contributed by atoms with van der Waals surface area (Å²) in [6, 6.07) is 21.5. The molecule has 0 bridgehead atoms. The molecule has 2 aromatic carbocycles. The van der Waals surface area contributed by atoms with Crippen molar-refractivity contribution in [2.45, 2.75) is 26.4 Å². The minimum Gasteiger partial charge on any atom is -0.348 e. The fourth-order valence-corrected chi connectivity index (χ4v) is 3.16. The average Bonchev–Trinajstić information content (AvgIpc) is 3.38. The van der Waals surface area contributed by atoms with E-state index in [1.807, 2.05) is 86.8 Å². The molecule has 0 aliphatic carbocycles. The third-order valence-electron chi connectivity index (χ3n) is 4.78. The molecule has 2 heterocycles. The summed E-state index contributed by atoms with van der Waals surface area (Å²) in [6.07, 6.45) is 1.83. The molecule has 1 N–H and O–H groups in total. The van der Waals surface area contributed by atoms with E-state index in [4.69, 9.17) is 4.52 Å². The minimum atomic E-state index is -0.0860. The second-order valence-electron chi connectivity index (χ2n) is 7.01. The van der Waals surface area contributed by atoms with Crippen molar-refractivity contribution in [2.24, 2.45) is 0 Å². The fourth-order valence-electron chi connectivity index (χ4n) is 3.16. The highest BCUT2D eigenvalue weighted by atomic mass is 16.5. The number of aromatic nitrogens is 3. The third-order valence-corrected chi connectivity index (χ3v) is 4.78. The molecule has 0 spiro atoms. The smallest absolute Gasteiger partial charge is 0.274 e. The van der Waals surface area contributed by atoms with E-state index >= 15 is 0 Å². The molecule has 29 heavy (non-hydrogen) atoms. The number of hydrogen-bond donors (Lipinski definition) is 1. The van der Waals surface area contributed by atoms with Crippen LogP contribution in [0.5, 0.6) is 0 Å². The quantitative estimate of drug-likeness (QED) is 0.533. The van der Waals surface area contributed by atoms with Crippen LogP contribution in [0.1, 0.15) is 24.1 Å². The van der Waals surface area contributed by atoms with Gasteiger partial charge in [0.15, 0.2) is 0 Å². The van der Waals surface area contributed by atoms with Crippen LogP contribution in [0.2, 0.25) is 0 Å². The predicted molar refractivity (Wildman–Crippen MR) is 111 cm³/mol. The normalized spacial score (nSPS) is 11.9. The second-order valence-corrected chi connectivity index (χ2v) is 7.01. The predicted octanol–water partition coefficient (Wildman–Crippen LogP) is 4.39. The summed E-state index contributed by atoms with van der Waals surface area (Å²) in [6.45, 7) is 4.17. The first kappa shape index (κ1) is 18.7. The average molecular weight is 386 g/mol. The number of carbonyl (C=O) groups excluding carboxylic acids is 1. The Morgan fingerprint density at radius 3 is 2.59 bits per heavy atom. The maximum absolute atomic E-state index is 12.5. The lowest BCUT2D eigenvalue weighted by Crippen LogP contribution is -2.30. The number of amides is 1. The molecule has 6 nitrogen and oxygen atoms in total. The number of rotatable bonds is 6. The molecular formula is C23H22N4O2. The van der Waals surface area contributed by atoms with Gasteiger partial charge in [-0.15, -0.1) is 0 Å². The number of carbonyl (C=O) groups is 1. The van der Waals surface area contributed by atoms with Gasteiger partial charge in [0.1, 0.15) is 12.2 Å². The highest BCUT2D eigenvalue weighted by Gasteiger charge is 2.16. The lowest BCUT2D eigenvalue weighted by molar-refractivity contribution is -0.122. The molecule has 0 saturated heterocycles. The highest BCUT2D eigenvalue weighted by molar-refractivity contribution is 5.77. The zero-order valence-corrected chi connectivity index (χ0v) is 16.4. The van der Waals surface area contributed by atoms with Crippen molar-refractivity contribution >= 4 is 5.91 Å². The van der Waals surface area contributed by atoms with Gasteiger partial charge in [0.2, 0.25) is 11.7 Å². The van der Waals surface area contributed by atoms with E-state index in [9.17, 15) is 4.79 Å². The number of hydrogen-bond acceptors (Lipinski definition) is 4. The lowest BCUT2D eigenvalue weighted by atomic mass is 10.1. The Hall–Kier alpha value is -3.67. The first-order chi connectivity index (χ1) is 14.1. The molecule has 0 unspecified atom stereocenters. The molecule has 146 valence electrons. The summed E-state index contributed by atoms with van der Waals surface area (Å²) in [5.74, 6) is 0.821. The first-order valence-corrected chi connectivity index (χ1v) is 9.51. The van der Waals surface area contributed by atoms with Gasteiger partial charge in [-0.05, 0) is 31.5 Å². The molecule has 0 radical (unpaired) electrons. The van der Waals surface area contributed by atoms with Crippen LogP contribution in [0.15, 0.2) is 77.4 Å². The summed E-state index contributed by atoms with van der Waals surface area (Å²) in [5, 5.41) is 7.10. The number of nitrogens with one attached hydrogen (secondary N) is 1. The van der Waals surface area contributed by atoms with Gasteiger partial charge in [-0.25, -0.2) is 0 Å². The highest BCUT2D eigenvalue weighted by Crippen LogP contribution is 2.23. The summed E-state index contributed by atoms with van der Waals surface area (Å²) in [7, 11) is 0. The van der Waals surface area contributed by atoms with Crippen LogP contribution in [-0.4, -0.2) is 20.6 Å². The van der Waals surface area contributed by atoms with Crippen molar-refractivity contribution in [1.29, 1.82) is 0 Å². The fraction of sp³-hybridized carbons (Fsp3) is 0.174. The van der Waals surface area contributed by atoms with Gasteiger partial charge in [0.25, 0.3) is 5.89 Å². The number of nitrogens with zero attached hydrogens (tertiary/aromatic N) is 3. The van der Waals surface area contributed by atoms with Gasteiger partial charge in [0.05, 0.1) is 6.04 Å². The van der Waals surface area contributed by atoms with E-state index < -0.39 is 0 Å². The van der Waals surface area contributed by atoms with Gasteiger partial charge < -0.3 is 14.4 Å². The van der Waals surface area contributed by atoms with Gasteiger partial charge in [-0.3, -0.25) is 4.79 Å². The summed E-state index contributed by atoms with van der Waals surface area (Å²) in [5.41, 5.74) is 3.83. The van der Waals surface area contributed by atoms with Crippen LogP contribution in [-0.2, 0) is 11.3 Å². The number of benzene rings is 2. The topological polar surface area (TPSA) is 73.0 Å². The van der Waals surface area contributed by atoms with Crippen LogP contribution in [0.25, 0.3) is 23.0 Å². The Balaban J connectivity index is 1.47. The van der Waals surface area contributed by atoms with Crippen molar-refractivity contribution in [1.82, 2.24) is 20.0 Å².